The third-order valence-corrected chi connectivity index (χ3v) is 8.29. The number of rotatable bonds is 4. The molecule has 0 amide bonds. The van der Waals surface area contributed by atoms with Crippen molar-refractivity contribution < 1.29 is 13.5 Å². The van der Waals surface area contributed by atoms with Gasteiger partial charge in [0.2, 0.25) is 0 Å². The minimum absolute atomic E-state index is 0.0639. The first-order valence-corrected chi connectivity index (χ1v) is 10.1. The smallest absolute Gasteiger partial charge is 0.252 e. The standard InChI is InChI=1S/C15H23NO3S2/c17-11-9-13-7-8-15(20-13)21(18,19)16-10-3-5-12-4-1-2-6-14(12)16/h7-8,12,14,17H,1-6,9-11H2. The third-order valence-electron chi connectivity index (χ3n) is 4.75. The van der Waals surface area contributed by atoms with E-state index in [4.69, 9.17) is 5.11 Å². The Labute approximate surface area is 130 Å². The van der Waals surface area contributed by atoms with Gasteiger partial charge in [0.25, 0.3) is 10.0 Å². The van der Waals surface area contributed by atoms with Crippen LogP contribution in [0.4, 0.5) is 0 Å². The summed E-state index contributed by atoms with van der Waals surface area (Å²) < 4.78 is 28.1. The summed E-state index contributed by atoms with van der Waals surface area (Å²) in [6.45, 7) is 0.727. The quantitative estimate of drug-likeness (QED) is 0.924. The molecule has 1 saturated heterocycles. The largest absolute Gasteiger partial charge is 0.396 e. The van der Waals surface area contributed by atoms with Crippen molar-refractivity contribution in [2.75, 3.05) is 13.2 Å². The summed E-state index contributed by atoms with van der Waals surface area (Å²) >= 11 is 1.31. The molecule has 0 bridgehead atoms. The molecule has 2 aliphatic rings. The van der Waals surface area contributed by atoms with Gasteiger partial charge in [-0.05, 0) is 43.7 Å². The Balaban J connectivity index is 1.85. The van der Waals surface area contributed by atoms with E-state index in [1.807, 2.05) is 6.07 Å². The van der Waals surface area contributed by atoms with Crippen molar-refractivity contribution in [3.8, 4) is 0 Å². The number of aliphatic hydroxyl groups excluding tert-OH is 1. The predicted molar refractivity (Wildman–Crippen MR) is 84.0 cm³/mol. The molecule has 4 nitrogen and oxygen atoms in total. The summed E-state index contributed by atoms with van der Waals surface area (Å²) in [4.78, 5) is 0.938. The van der Waals surface area contributed by atoms with Crippen LogP contribution in [0, 0.1) is 5.92 Å². The molecule has 6 heteroatoms. The molecule has 2 fully saturated rings. The molecule has 1 aromatic heterocycles. The van der Waals surface area contributed by atoms with Crippen molar-refractivity contribution in [3.05, 3.63) is 17.0 Å². The molecule has 3 rings (SSSR count). The Morgan fingerprint density at radius 2 is 1.95 bits per heavy atom. The Morgan fingerprint density at radius 1 is 1.19 bits per heavy atom. The van der Waals surface area contributed by atoms with E-state index in [9.17, 15) is 8.42 Å². The molecule has 2 atom stereocenters. The van der Waals surface area contributed by atoms with Gasteiger partial charge < -0.3 is 5.11 Å². The molecule has 0 spiro atoms. The summed E-state index contributed by atoms with van der Waals surface area (Å²) in [5.41, 5.74) is 0. The molecule has 1 aromatic rings. The highest BCUT2D eigenvalue weighted by Crippen LogP contribution is 2.39. The second-order valence-corrected chi connectivity index (χ2v) is 9.35. The van der Waals surface area contributed by atoms with E-state index in [1.165, 1.54) is 30.6 Å². The van der Waals surface area contributed by atoms with Gasteiger partial charge in [0, 0.05) is 30.5 Å². The van der Waals surface area contributed by atoms with Gasteiger partial charge in [-0.25, -0.2) is 8.42 Å². The van der Waals surface area contributed by atoms with E-state index in [1.54, 1.807) is 10.4 Å². The van der Waals surface area contributed by atoms with Gasteiger partial charge in [0.1, 0.15) is 4.21 Å². The highest BCUT2D eigenvalue weighted by molar-refractivity contribution is 7.91. The molecule has 2 unspecified atom stereocenters. The first kappa shape index (κ1) is 15.5. The molecule has 2 heterocycles. The number of thiophene rings is 1. The zero-order valence-corrected chi connectivity index (χ0v) is 13.8. The lowest BCUT2D eigenvalue weighted by Crippen LogP contribution is -2.49. The molecule has 0 aromatic carbocycles. The summed E-state index contributed by atoms with van der Waals surface area (Å²) in [5.74, 6) is 0.555. The highest BCUT2D eigenvalue weighted by Gasteiger charge is 2.40. The van der Waals surface area contributed by atoms with E-state index < -0.39 is 10.0 Å². The summed E-state index contributed by atoms with van der Waals surface area (Å²) in [6, 6.07) is 3.74. The van der Waals surface area contributed by atoms with Gasteiger partial charge >= 0.3 is 0 Å². The SMILES string of the molecule is O=S(=O)(c1ccc(CCO)s1)N1CCCC2CCCCC21. The van der Waals surface area contributed by atoms with E-state index >= 15 is 0 Å². The topological polar surface area (TPSA) is 57.6 Å². The zero-order chi connectivity index (χ0) is 14.9. The number of hydrogen-bond acceptors (Lipinski definition) is 4. The van der Waals surface area contributed by atoms with Crippen LogP contribution in [0.1, 0.15) is 43.4 Å². The Bertz CT molecular complexity index is 579. The fraction of sp³-hybridized carbons (Fsp3) is 0.733. The van der Waals surface area contributed by atoms with Crippen LogP contribution in [-0.2, 0) is 16.4 Å². The van der Waals surface area contributed by atoms with E-state index in [0.29, 0.717) is 23.1 Å². The first-order valence-electron chi connectivity index (χ1n) is 7.84. The first-order chi connectivity index (χ1) is 10.1. The Hall–Kier alpha value is -0.430. The Morgan fingerprint density at radius 3 is 2.76 bits per heavy atom. The van der Waals surface area contributed by atoms with Gasteiger partial charge in [0.15, 0.2) is 0 Å². The average Bonchev–Trinajstić information content (AvgIpc) is 2.96. The monoisotopic (exact) mass is 329 g/mol. The van der Waals surface area contributed by atoms with Crippen LogP contribution in [0.5, 0.6) is 0 Å². The highest BCUT2D eigenvalue weighted by atomic mass is 32.2. The van der Waals surface area contributed by atoms with Crippen LogP contribution in [0.3, 0.4) is 0 Å². The average molecular weight is 329 g/mol. The molecule has 1 aliphatic carbocycles. The maximum absolute atomic E-state index is 12.9. The number of fused-ring (bicyclic) bond motifs is 1. The second-order valence-electron chi connectivity index (χ2n) is 6.06. The number of sulfonamides is 1. The maximum Gasteiger partial charge on any atom is 0.252 e. The summed E-state index contributed by atoms with van der Waals surface area (Å²) in [6.07, 6.45) is 7.27. The molecule has 1 N–H and O–H groups in total. The fourth-order valence-electron chi connectivity index (χ4n) is 3.73. The van der Waals surface area contributed by atoms with Gasteiger partial charge in [-0.2, -0.15) is 4.31 Å². The summed E-state index contributed by atoms with van der Waals surface area (Å²) in [7, 11) is -3.36. The summed E-state index contributed by atoms with van der Waals surface area (Å²) in [5, 5.41) is 8.98. The van der Waals surface area contributed by atoms with E-state index in [0.717, 1.165) is 24.1 Å². The van der Waals surface area contributed by atoms with Crippen molar-refractivity contribution in [2.45, 2.75) is 55.2 Å². The molecular formula is C15H23NO3S2. The zero-order valence-electron chi connectivity index (χ0n) is 12.2. The third kappa shape index (κ3) is 3.04. The van der Waals surface area contributed by atoms with Crippen LogP contribution in [0.15, 0.2) is 16.3 Å². The minimum Gasteiger partial charge on any atom is -0.396 e. The lowest BCUT2D eigenvalue weighted by Gasteiger charge is -2.42. The van der Waals surface area contributed by atoms with E-state index in [2.05, 4.69) is 0 Å². The molecule has 1 aliphatic heterocycles. The van der Waals surface area contributed by atoms with Crippen molar-refractivity contribution >= 4 is 21.4 Å². The van der Waals surface area contributed by atoms with Crippen LogP contribution in [0.2, 0.25) is 0 Å². The number of piperidine rings is 1. The molecule has 0 radical (unpaired) electrons. The molecular weight excluding hydrogens is 306 g/mol. The molecule has 21 heavy (non-hydrogen) atoms. The van der Waals surface area contributed by atoms with Crippen LogP contribution < -0.4 is 0 Å². The van der Waals surface area contributed by atoms with Crippen LogP contribution >= 0.6 is 11.3 Å². The number of nitrogens with zero attached hydrogens (tertiary/aromatic N) is 1. The fourth-order valence-corrected chi connectivity index (χ4v) is 6.96. The number of aliphatic hydroxyl groups is 1. The lowest BCUT2D eigenvalue weighted by molar-refractivity contribution is 0.129. The van der Waals surface area contributed by atoms with Crippen molar-refractivity contribution in [1.82, 2.24) is 4.31 Å². The van der Waals surface area contributed by atoms with Gasteiger partial charge in [-0.3, -0.25) is 0 Å². The lowest BCUT2D eigenvalue weighted by atomic mass is 9.79. The molecule has 118 valence electrons. The van der Waals surface area contributed by atoms with Crippen molar-refractivity contribution in [2.24, 2.45) is 5.92 Å². The van der Waals surface area contributed by atoms with Crippen LogP contribution in [-0.4, -0.2) is 37.0 Å². The second kappa shape index (κ2) is 6.36. The predicted octanol–water partition coefficient (Wildman–Crippen LogP) is 2.63. The normalized spacial score (nSPS) is 27.5. The minimum atomic E-state index is -3.36. The van der Waals surface area contributed by atoms with Gasteiger partial charge in [0.05, 0.1) is 0 Å². The van der Waals surface area contributed by atoms with Crippen molar-refractivity contribution in [3.63, 3.8) is 0 Å². The van der Waals surface area contributed by atoms with Crippen LogP contribution in [0.25, 0.3) is 0 Å². The van der Waals surface area contributed by atoms with Gasteiger partial charge in [-0.15, -0.1) is 11.3 Å². The number of hydrogen-bond donors (Lipinski definition) is 1. The van der Waals surface area contributed by atoms with E-state index in [-0.39, 0.29) is 12.6 Å². The maximum atomic E-state index is 12.9. The van der Waals surface area contributed by atoms with Crippen molar-refractivity contribution in [1.29, 1.82) is 0 Å². The molecule has 1 saturated carbocycles. The van der Waals surface area contributed by atoms with Gasteiger partial charge in [-0.1, -0.05) is 12.8 Å². The Kier molecular flexibility index (Phi) is 4.69.